The Kier molecular flexibility index (Phi) is 4.93. The SMILES string of the molecule is COc1ccsc1S(=O)(=O)N1CCNCC1c1ccccc1Cl. The van der Waals surface area contributed by atoms with E-state index in [9.17, 15) is 8.42 Å². The Labute approximate surface area is 144 Å². The van der Waals surface area contributed by atoms with Crippen molar-refractivity contribution in [3.63, 3.8) is 0 Å². The summed E-state index contributed by atoms with van der Waals surface area (Å²) in [5.74, 6) is 0.381. The minimum absolute atomic E-state index is 0.235. The van der Waals surface area contributed by atoms with Crippen LogP contribution < -0.4 is 10.1 Å². The quantitative estimate of drug-likeness (QED) is 0.896. The molecule has 1 fully saturated rings. The summed E-state index contributed by atoms with van der Waals surface area (Å²) >= 11 is 7.45. The largest absolute Gasteiger partial charge is 0.494 e. The van der Waals surface area contributed by atoms with E-state index in [-0.39, 0.29) is 10.3 Å². The molecule has 1 aromatic carbocycles. The summed E-state index contributed by atoms with van der Waals surface area (Å²) in [6.45, 7) is 1.52. The van der Waals surface area contributed by atoms with Gasteiger partial charge < -0.3 is 10.1 Å². The number of nitrogens with one attached hydrogen (secondary N) is 1. The van der Waals surface area contributed by atoms with Crippen LogP contribution in [0.1, 0.15) is 11.6 Å². The first-order chi connectivity index (χ1) is 11.1. The van der Waals surface area contributed by atoms with Crippen LogP contribution in [0.5, 0.6) is 5.75 Å². The van der Waals surface area contributed by atoms with Crippen molar-refractivity contribution < 1.29 is 13.2 Å². The molecule has 124 valence electrons. The van der Waals surface area contributed by atoms with Gasteiger partial charge in [0.15, 0.2) is 4.21 Å². The number of rotatable bonds is 4. The fraction of sp³-hybridized carbons (Fsp3) is 0.333. The van der Waals surface area contributed by atoms with Gasteiger partial charge in [-0.1, -0.05) is 29.8 Å². The maximum atomic E-state index is 13.1. The zero-order valence-electron chi connectivity index (χ0n) is 12.5. The Bertz CT molecular complexity index is 792. The number of benzene rings is 1. The molecular formula is C15H17ClN2O3S2. The van der Waals surface area contributed by atoms with Crippen LogP contribution in [0.15, 0.2) is 39.9 Å². The zero-order valence-corrected chi connectivity index (χ0v) is 14.9. The topological polar surface area (TPSA) is 58.6 Å². The molecule has 0 aliphatic carbocycles. The fourth-order valence-corrected chi connectivity index (χ4v) is 5.97. The van der Waals surface area contributed by atoms with Gasteiger partial charge in [0.05, 0.1) is 13.2 Å². The lowest BCUT2D eigenvalue weighted by Crippen LogP contribution is -2.48. The molecule has 3 rings (SSSR count). The van der Waals surface area contributed by atoms with E-state index in [1.54, 1.807) is 17.5 Å². The van der Waals surface area contributed by atoms with Crippen molar-refractivity contribution in [2.75, 3.05) is 26.7 Å². The summed E-state index contributed by atoms with van der Waals surface area (Å²) in [6.07, 6.45) is 0. The second-order valence-corrected chi connectivity index (χ2v) is 8.54. The number of thiophene rings is 1. The molecule has 0 radical (unpaired) electrons. The summed E-state index contributed by atoms with van der Waals surface area (Å²) in [7, 11) is -2.17. The normalized spacial score (nSPS) is 19.7. The molecule has 1 N–H and O–H groups in total. The Morgan fingerprint density at radius 3 is 2.87 bits per heavy atom. The number of hydrogen-bond donors (Lipinski definition) is 1. The van der Waals surface area contributed by atoms with Gasteiger partial charge in [-0.25, -0.2) is 8.42 Å². The van der Waals surface area contributed by atoms with Crippen molar-refractivity contribution in [2.24, 2.45) is 0 Å². The summed E-state index contributed by atoms with van der Waals surface area (Å²) in [4.78, 5) is 0. The van der Waals surface area contributed by atoms with Crippen molar-refractivity contribution in [1.29, 1.82) is 0 Å². The van der Waals surface area contributed by atoms with Crippen LogP contribution in [-0.4, -0.2) is 39.5 Å². The Hall–Kier alpha value is -1.12. The number of ether oxygens (including phenoxy) is 1. The highest BCUT2D eigenvalue weighted by Gasteiger charge is 2.37. The number of nitrogens with zero attached hydrogens (tertiary/aromatic N) is 1. The summed E-state index contributed by atoms with van der Waals surface area (Å²) in [5.41, 5.74) is 0.806. The Balaban J connectivity index is 2.04. The van der Waals surface area contributed by atoms with Crippen LogP contribution in [0.3, 0.4) is 0 Å². The van der Waals surface area contributed by atoms with Crippen LogP contribution in [0.2, 0.25) is 5.02 Å². The average Bonchev–Trinajstić information content (AvgIpc) is 3.05. The van der Waals surface area contributed by atoms with Crippen LogP contribution in [0.25, 0.3) is 0 Å². The second kappa shape index (κ2) is 6.78. The van der Waals surface area contributed by atoms with E-state index in [1.807, 2.05) is 18.2 Å². The fourth-order valence-electron chi connectivity index (χ4n) is 2.71. The van der Waals surface area contributed by atoms with Gasteiger partial charge in [0, 0.05) is 24.7 Å². The van der Waals surface area contributed by atoms with E-state index in [4.69, 9.17) is 16.3 Å². The molecule has 2 aromatic rings. The molecule has 1 aromatic heterocycles. The Morgan fingerprint density at radius 2 is 2.13 bits per heavy atom. The van der Waals surface area contributed by atoms with Gasteiger partial charge in [-0.15, -0.1) is 11.3 Å². The minimum atomic E-state index is -3.65. The highest BCUT2D eigenvalue weighted by molar-refractivity contribution is 7.91. The maximum Gasteiger partial charge on any atom is 0.256 e. The molecule has 1 aliphatic heterocycles. The molecule has 0 spiro atoms. The van der Waals surface area contributed by atoms with Crippen molar-refractivity contribution in [3.8, 4) is 5.75 Å². The Morgan fingerprint density at radius 1 is 1.35 bits per heavy atom. The molecule has 0 bridgehead atoms. The average molecular weight is 373 g/mol. The van der Waals surface area contributed by atoms with E-state index >= 15 is 0 Å². The minimum Gasteiger partial charge on any atom is -0.494 e. The van der Waals surface area contributed by atoms with Gasteiger partial charge in [-0.3, -0.25) is 0 Å². The molecule has 1 unspecified atom stereocenters. The third-order valence-electron chi connectivity index (χ3n) is 3.82. The highest BCUT2D eigenvalue weighted by Crippen LogP contribution is 2.37. The molecule has 8 heteroatoms. The lowest BCUT2D eigenvalue weighted by Gasteiger charge is -2.35. The maximum absolute atomic E-state index is 13.1. The molecule has 1 saturated heterocycles. The smallest absolute Gasteiger partial charge is 0.256 e. The van der Waals surface area contributed by atoms with Gasteiger partial charge in [0.2, 0.25) is 0 Å². The molecular weight excluding hydrogens is 356 g/mol. The number of sulfonamides is 1. The van der Waals surface area contributed by atoms with Gasteiger partial charge in [-0.05, 0) is 23.1 Å². The van der Waals surface area contributed by atoms with Gasteiger partial charge >= 0.3 is 0 Å². The summed E-state index contributed by atoms with van der Waals surface area (Å²) in [5, 5.41) is 5.53. The predicted molar refractivity (Wildman–Crippen MR) is 91.8 cm³/mol. The van der Waals surface area contributed by atoms with Crippen LogP contribution in [-0.2, 0) is 10.0 Å². The van der Waals surface area contributed by atoms with Crippen molar-refractivity contribution in [3.05, 3.63) is 46.3 Å². The predicted octanol–water partition coefficient (Wildman–Crippen LogP) is 2.75. The summed E-state index contributed by atoms with van der Waals surface area (Å²) in [6, 6.07) is 8.69. The van der Waals surface area contributed by atoms with Crippen molar-refractivity contribution in [1.82, 2.24) is 9.62 Å². The van der Waals surface area contributed by atoms with Gasteiger partial charge in [0.1, 0.15) is 5.75 Å². The molecule has 1 atom stereocenters. The molecule has 1 aliphatic rings. The van der Waals surface area contributed by atoms with E-state index in [1.165, 1.54) is 22.8 Å². The molecule has 0 amide bonds. The first-order valence-electron chi connectivity index (χ1n) is 7.14. The first-order valence-corrected chi connectivity index (χ1v) is 9.84. The van der Waals surface area contributed by atoms with Gasteiger partial charge in [0.25, 0.3) is 10.0 Å². The number of methoxy groups -OCH3 is 1. The van der Waals surface area contributed by atoms with Crippen LogP contribution in [0.4, 0.5) is 0 Å². The molecule has 2 heterocycles. The van der Waals surface area contributed by atoms with E-state index in [0.29, 0.717) is 30.4 Å². The van der Waals surface area contributed by atoms with Crippen molar-refractivity contribution in [2.45, 2.75) is 10.3 Å². The number of hydrogen-bond acceptors (Lipinski definition) is 5. The van der Waals surface area contributed by atoms with Crippen LogP contribution in [0, 0.1) is 0 Å². The molecule has 23 heavy (non-hydrogen) atoms. The molecule has 0 saturated carbocycles. The van der Waals surface area contributed by atoms with E-state index < -0.39 is 10.0 Å². The highest BCUT2D eigenvalue weighted by atomic mass is 35.5. The first kappa shape index (κ1) is 16.7. The second-order valence-electron chi connectivity index (χ2n) is 5.13. The third kappa shape index (κ3) is 3.12. The summed E-state index contributed by atoms with van der Waals surface area (Å²) < 4.78 is 33.2. The lowest BCUT2D eigenvalue weighted by atomic mass is 10.1. The van der Waals surface area contributed by atoms with Crippen LogP contribution >= 0.6 is 22.9 Å². The molecule has 5 nitrogen and oxygen atoms in total. The zero-order chi connectivity index (χ0) is 16.4. The number of halogens is 1. The number of piperazine rings is 1. The standard InChI is InChI=1S/C15H17ClN2O3S2/c1-21-14-6-9-22-15(14)23(19,20)18-8-7-17-10-13(18)11-4-2-3-5-12(11)16/h2-6,9,13,17H,7-8,10H2,1H3. The van der Waals surface area contributed by atoms with E-state index in [0.717, 1.165) is 5.56 Å². The third-order valence-corrected chi connectivity index (χ3v) is 7.49. The monoisotopic (exact) mass is 372 g/mol. The van der Waals surface area contributed by atoms with Crippen molar-refractivity contribution >= 4 is 33.0 Å². The lowest BCUT2D eigenvalue weighted by molar-refractivity contribution is 0.271. The van der Waals surface area contributed by atoms with E-state index in [2.05, 4.69) is 5.32 Å². The van der Waals surface area contributed by atoms with Gasteiger partial charge in [-0.2, -0.15) is 4.31 Å².